The van der Waals surface area contributed by atoms with E-state index in [1.54, 1.807) is 13.1 Å². The Balaban J connectivity index is 2.09. The molecule has 1 aromatic carbocycles. The Kier molecular flexibility index (Phi) is 7.11. The van der Waals surface area contributed by atoms with Crippen molar-refractivity contribution in [1.29, 1.82) is 0 Å². The van der Waals surface area contributed by atoms with Gasteiger partial charge in [-0.25, -0.2) is 4.99 Å². The van der Waals surface area contributed by atoms with E-state index in [0.29, 0.717) is 24.5 Å². The minimum atomic E-state index is -0.550. The average Bonchev–Trinajstić information content (AvgIpc) is 2.87. The number of fused-ring (bicyclic) bond motifs is 1. The number of carbonyl (C=O) groups excluding carboxylic acids is 1. The first-order valence-corrected chi connectivity index (χ1v) is 10.1. The summed E-state index contributed by atoms with van der Waals surface area (Å²) in [6.45, 7) is 2.02. The van der Waals surface area contributed by atoms with Crippen LogP contribution in [0, 0.1) is 0 Å². The topological polar surface area (TPSA) is 96.2 Å². The molecule has 1 aliphatic heterocycles. The van der Waals surface area contributed by atoms with E-state index in [0.717, 1.165) is 21.4 Å². The molecule has 0 saturated heterocycles. The van der Waals surface area contributed by atoms with Gasteiger partial charge in [-0.15, -0.1) is 0 Å². The molecule has 2 heterocycles. The highest BCUT2D eigenvalue weighted by atomic mass is 79.9. The normalized spacial score (nSPS) is 16.8. The second-order valence-electron chi connectivity index (χ2n) is 6.71. The minimum absolute atomic E-state index is 0.204. The Morgan fingerprint density at radius 1 is 1.34 bits per heavy atom. The molecule has 2 N–H and O–H groups in total. The third-order valence-corrected chi connectivity index (χ3v) is 4.88. The quantitative estimate of drug-likeness (QED) is 0.648. The first-order valence-electron chi connectivity index (χ1n) is 9.34. The molecule has 0 radical (unpaired) electrons. The van der Waals surface area contributed by atoms with Gasteiger partial charge < -0.3 is 15.2 Å². The van der Waals surface area contributed by atoms with Crippen molar-refractivity contribution in [2.24, 2.45) is 9.98 Å². The molecule has 2 atom stereocenters. The zero-order chi connectivity index (χ0) is 20.8. The molecule has 0 fully saturated rings. The van der Waals surface area contributed by atoms with Gasteiger partial charge in [-0.2, -0.15) is 0 Å². The molecule has 2 aromatic rings. The molecule has 3 rings (SSSR count). The van der Waals surface area contributed by atoms with Crippen molar-refractivity contribution < 1.29 is 14.6 Å². The van der Waals surface area contributed by atoms with Crippen LogP contribution >= 0.6 is 15.9 Å². The van der Waals surface area contributed by atoms with Gasteiger partial charge in [-0.1, -0.05) is 22.0 Å². The van der Waals surface area contributed by atoms with E-state index in [1.165, 1.54) is 7.11 Å². The number of ether oxygens (including phenoxy) is 1. The third kappa shape index (κ3) is 5.48. The van der Waals surface area contributed by atoms with Crippen molar-refractivity contribution in [1.82, 2.24) is 10.3 Å². The fraction of sp³-hybridized carbons (Fsp3) is 0.333. The van der Waals surface area contributed by atoms with E-state index in [4.69, 9.17) is 14.7 Å². The van der Waals surface area contributed by atoms with Gasteiger partial charge in [0.25, 0.3) is 0 Å². The van der Waals surface area contributed by atoms with Crippen LogP contribution in [-0.4, -0.2) is 53.4 Å². The smallest absolute Gasteiger partial charge is 0.305 e. The highest BCUT2D eigenvalue weighted by Gasteiger charge is 2.25. The van der Waals surface area contributed by atoms with E-state index in [1.807, 2.05) is 36.4 Å². The first-order chi connectivity index (χ1) is 14.0. The average molecular weight is 459 g/mol. The van der Waals surface area contributed by atoms with E-state index in [-0.39, 0.29) is 12.4 Å². The number of benzene rings is 1. The SMILES string of the molecule is COC(=O)CCC1N=C(c2ccccn2)c2cc(Br)ccc2N=C1NCC(C)O. The highest BCUT2D eigenvalue weighted by Crippen LogP contribution is 2.30. The van der Waals surface area contributed by atoms with Crippen LogP contribution in [0.1, 0.15) is 31.0 Å². The number of aromatic nitrogens is 1. The number of halogens is 1. The maximum Gasteiger partial charge on any atom is 0.305 e. The van der Waals surface area contributed by atoms with Crippen LogP contribution in [0.15, 0.2) is 57.1 Å². The van der Waals surface area contributed by atoms with Gasteiger partial charge in [0.15, 0.2) is 0 Å². The van der Waals surface area contributed by atoms with Crippen LogP contribution < -0.4 is 5.32 Å². The monoisotopic (exact) mass is 458 g/mol. The molecule has 0 bridgehead atoms. The van der Waals surface area contributed by atoms with Crippen molar-refractivity contribution in [3.05, 3.63) is 58.3 Å². The van der Waals surface area contributed by atoms with E-state index < -0.39 is 12.1 Å². The maximum atomic E-state index is 11.7. The number of esters is 1. The predicted octanol–water partition coefficient (Wildman–Crippen LogP) is 3.02. The number of hydrogen-bond acceptors (Lipinski definition) is 7. The molecular weight excluding hydrogens is 436 g/mol. The van der Waals surface area contributed by atoms with Gasteiger partial charge in [-0.3, -0.25) is 14.8 Å². The molecule has 7 nitrogen and oxygen atoms in total. The number of carbonyl (C=O) groups is 1. The predicted molar refractivity (Wildman–Crippen MR) is 116 cm³/mol. The lowest BCUT2D eigenvalue weighted by atomic mass is 10.0. The third-order valence-electron chi connectivity index (χ3n) is 4.39. The number of pyridine rings is 1. The number of rotatable bonds is 6. The summed E-state index contributed by atoms with van der Waals surface area (Å²) in [5.41, 5.74) is 3.01. The van der Waals surface area contributed by atoms with Crippen molar-refractivity contribution in [3.8, 4) is 0 Å². The summed E-state index contributed by atoms with van der Waals surface area (Å²) in [6.07, 6.45) is 1.79. The standard InChI is InChI=1S/C21H23BrN4O3/c1-13(27)12-24-21-18(8-9-19(28)29-2)25-20(17-5-3-4-10-23-17)15-11-14(22)6-7-16(15)26-21/h3-7,10-11,13,18,27H,8-9,12H2,1-2H3,(H,24,26). The number of methoxy groups -OCH3 is 1. The number of hydrogen-bond donors (Lipinski definition) is 2. The summed E-state index contributed by atoms with van der Waals surface area (Å²) in [6, 6.07) is 11.0. The summed E-state index contributed by atoms with van der Waals surface area (Å²) < 4.78 is 5.69. The highest BCUT2D eigenvalue weighted by molar-refractivity contribution is 9.10. The Labute approximate surface area is 178 Å². The van der Waals surface area contributed by atoms with Crippen LogP contribution in [0.2, 0.25) is 0 Å². The van der Waals surface area contributed by atoms with Gasteiger partial charge in [-0.05, 0) is 43.7 Å². The second kappa shape index (κ2) is 9.76. The first kappa shape index (κ1) is 21.1. The molecule has 2 unspecified atom stereocenters. The summed E-state index contributed by atoms with van der Waals surface area (Å²) in [7, 11) is 1.37. The number of nitrogens with zero attached hydrogens (tertiary/aromatic N) is 3. The number of aliphatic hydroxyl groups is 1. The zero-order valence-electron chi connectivity index (χ0n) is 16.3. The minimum Gasteiger partial charge on any atom is -0.469 e. The van der Waals surface area contributed by atoms with Crippen LogP contribution in [0.25, 0.3) is 0 Å². The molecule has 1 aliphatic rings. The van der Waals surface area contributed by atoms with Gasteiger partial charge in [0.1, 0.15) is 11.9 Å². The number of aliphatic imine (C=N–C) groups is 2. The van der Waals surface area contributed by atoms with Crippen molar-refractivity contribution in [2.45, 2.75) is 31.9 Å². The molecule has 152 valence electrons. The van der Waals surface area contributed by atoms with Crippen LogP contribution in [0.4, 0.5) is 5.69 Å². The zero-order valence-corrected chi connectivity index (χ0v) is 17.9. The van der Waals surface area contributed by atoms with Crippen molar-refractivity contribution in [3.63, 3.8) is 0 Å². The van der Waals surface area contributed by atoms with Crippen LogP contribution in [-0.2, 0) is 9.53 Å². The van der Waals surface area contributed by atoms with Crippen molar-refractivity contribution >= 4 is 39.1 Å². The molecule has 0 saturated carbocycles. The lowest BCUT2D eigenvalue weighted by Gasteiger charge is -2.17. The summed E-state index contributed by atoms with van der Waals surface area (Å²) in [4.78, 5) is 25.9. The van der Waals surface area contributed by atoms with E-state index in [2.05, 4.69) is 26.2 Å². The van der Waals surface area contributed by atoms with Gasteiger partial charge in [0.2, 0.25) is 0 Å². The largest absolute Gasteiger partial charge is 0.469 e. The maximum absolute atomic E-state index is 11.7. The lowest BCUT2D eigenvalue weighted by Crippen LogP contribution is -2.38. The lowest BCUT2D eigenvalue weighted by molar-refractivity contribution is -0.140. The Morgan fingerprint density at radius 3 is 2.86 bits per heavy atom. The summed E-state index contributed by atoms with van der Waals surface area (Å²) >= 11 is 3.52. The fourth-order valence-electron chi connectivity index (χ4n) is 2.96. The molecular formula is C21H23BrN4O3. The summed E-state index contributed by atoms with van der Waals surface area (Å²) in [5, 5.41) is 12.9. The van der Waals surface area contributed by atoms with Gasteiger partial charge >= 0.3 is 5.97 Å². The van der Waals surface area contributed by atoms with Crippen LogP contribution in [0.3, 0.4) is 0 Å². The molecule has 29 heavy (non-hydrogen) atoms. The molecule has 8 heteroatoms. The number of aliphatic hydroxyl groups excluding tert-OH is 1. The fourth-order valence-corrected chi connectivity index (χ4v) is 3.32. The van der Waals surface area contributed by atoms with Gasteiger partial charge in [0.05, 0.1) is 30.3 Å². The molecule has 0 aliphatic carbocycles. The van der Waals surface area contributed by atoms with Crippen molar-refractivity contribution in [2.75, 3.05) is 13.7 Å². The Bertz CT molecular complexity index is 929. The summed E-state index contributed by atoms with van der Waals surface area (Å²) in [5.74, 6) is 0.295. The Hall–Kier alpha value is -2.58. The molecule has 0 spiro atoms. The number of amidine groups is 1. The van der Waals surface area contributed by atoms with Crippen LogP contribution in [0.5, 0.6) is 0 Å². The molecule has 1 aromatic heterocycles. The van der Waals surface area contributed by atoms with E-state index in [9.17, 15) is 9.90 Å². The molecule has 0 amide bonds. The Morgan fingerprint density at radius 2 is 2.17 bits per heavy atom. The van der Waals surface area contributed by atoms with Gasteiger partial charge in [0, 0.05) is 29.2 Å². The second-order valence-corrected chi connectivity index (χ2v) is 7.63. The van der Waals surface area contributed by atoms with E-state index >= 15 is 0 Å². The number of nitrogens with one attached hydrogen (secondary N) is 1.